The lowest BCUT2D eigenvalue weighted by molar-refractivity contribution is -0.117. The number of hydrogen-bond acceptors (Lipinski definition) is 2. The summed E-state index contributed by atoms with van der Waals surface area (Å²) < 4.78 is 12.6. The molecule has 3 nitrogen and oxygen atoms in total. The highest BCUT2D eigenvalue weighted by Crippen LogP contribution is 2.28. The highest BCUT2D eigenvalue weighted by atomic mass is 32.2. The fourth-order valence-electron chi connectivity index (χ4n) is 2.95. The molecule has 0 bridgehead atoms. The Bertz CT molecular complexity index is 757. The van der Waals surface area contributed by atoms with Crippen LogP contribution in [0, 0.1) is 6.92 Å². The minimum Gasteiger partial charge on any atom is -0.311 e. The van der Waals surface area contributed by atoms with Crippen molar-refractivity contribution in [3.05, 3.63) is 65.2 Å². The van der Waals surface area contributed by atoms with Crippen molar-refractivity contribution < 1.29 is 9.00 Å². The monoisotopic (exact) mass is 327 g/mol. The van der Waals surface area contributed by atoms with E-state index in [1.165, 1.54) is 5.56 Å². The SMILES string of the molecule is Cc1ccccc1C[S@@](=O)[C@H](C)C(=O)N1CCc2ccccc21. The summed E-state index contributed by atoms with van der Waals surface area (Å²) in [5, 5.41) is -0.499. The second kappa shape index (κ2) is 6.67. The largest absolute Gasteiger partial charge is 0.311 e. The first-order chi connectivity index (χ1) is 11.1. The molecule has 0 saturated heterocycles. The summed E-state index contributed by atoms with van der Waals surface area (Å²) in [7, 11) is -1.22. The molecule has 0 N–H and O–H groups in total. The molecule has 0 unspecified atom stereocenters. The van der Waals surface area contributed by atoms with E-state index in [1.807, 2.05) is 49.4 Å². The maximum absolute atomic E-state index is 12.8. The van der Waals surface area contributed by atoms with E-state index in [0.29, 0.717) is 12.3 Å². The Labute approximate surface area is 139 Å². The van der Waals surface area contributed by atoms with Gasteiger partial charge in [-0.2, -0.15) is 0 Å². The number of rotatable bonds is 4. The molecule has 1 amide bonds. The molecule has 1 heterocycles. The molecule has 3 rings (SSSR count). The molecular weight excluding hydrogens is 306 g/mol. The normalized spacial score (nSPS) is 16.0. The summed E-state index contributed by atoms with van der Waals surface area (Å²) in [6.07, 6.45) is 0.874. The number of hydrogen-bond donors (Lipinski definition) is 0. The fraction of sp³-hybridized carbons (Fsp3) is 0.316. The van der Waals surface area contributed by atoms with Crippen LogP contribution in [-0.2, 0) is 27.8 Å². The summed E-state index contributed by atoms with van der Waals surface area (Å²) in [4.78, 5) is 14.5. The molecule has 1 aliphatic heterocycles. The first-order valence-corrected chi connectivity index (χ1v) is 9.27. The van der Waals surface area contributed by atoms with E-state index in [2.05, 4.69) is 6.07 Å². The predicted octanol–water partition coefficient (Wildman–Crippen LogP) is 3.22. The maximum atomic E-state index is 12.8. The van der Waals surface area contributed by atoms with E-state index in [-0.39, 0.29) is 5.91 Å². The molecule has 0 aliphatic carbocycles. The molecule has 23 heavy (non-hydrogen) atoms. The number of carbonyl (C=O) groups is 1. The summed E-state index contributed by atoms with van der Waals surface area (Å²) in [5.41, 5.74) is 4.33. The van der Waals surface area contributed by atoms with Crippen LogP contribution in [0.2, 0.25) is 0 Å². The summed E-state index contributed by atoms with van der Waals surface area (Å²) in [6, 6.07) is 15.9. The van der Waals surface area contributed by atoms with Crippen molar-refractivity contribution in [2.24, 2.45) is 0 Å². The van der Waals surface area contributed by atoms with Crippen LogP contribution >= 0.6 is 0 Å². The Morgan fingerprint density at radius 3 is 2.65 bits per heavy atom. The van der Waals surface area contributed by atoms with Gasteiger partial charge in [0.05, 0.1) is 0 Å². The summed E-state index contributed by atoms with van der Waals surface area (Å²) in [6.45, 7) is 4.47. The van der Waals surface area contributed by atoms with Gasteiger partial charge in [0.1, 0.15) is 5.25 Å². The summed E-state index contributed by atoms with van der Waals surface area (Å²) in [5.74, 6) is 0.386. The van der Waals surface area contributed by atoms with Gasteiger partial charge < -0.3 is 4.90 Å². The van der Waals surface area contributed by atoms with Crippen LogP contribution in [0.3, 0.4) is 0 Å². The molecule has 0 aromatic heterocycles. The smallest absolute Gasteiger partial charge is 0.242 e. The molecule has 2 atom stereocenters. The van der Waals surface area contributed by atoms with Crippen LogP contribution in [-0.4, -0.2) is 21.9 Å². The van der Waals surface area contributed by atoms with E-state index in [9.17, 15) is 9.00 Å². The van der Waals surface area contributed by atoms with Crippen molar-refractivity contribution in [1.82, 2.24) is 0 Å². The Kier molecular flexibility index (Phi) is 4.62. The molecule has 0 radical (unpaired) electrons. The first-order valence-electron chi connectivity index (χ1n) is 7.89. The number of nitrogens with zero attached hydrogens (tertiary/aromatic N) is 1. The van der Waals surface area contributed by atoms with Crippen LogP contribution in [0.4, 0.5) is 5.69 Å². The van der Waals surface area contributed by atoms with E-state index >= 15 is 0 Å². The molecule has 120 valence electrons. The molecule has 2 aromatic carbocycles. The van der Waals surface area contributed by atoms with Crippen molar-refractivity contribution in [1.29, 1.82) is 0 Å². The third-order valence-electron chi connectivity index (χ3n) is 4.45. The van der Waals surface area contributed by atoms with E-state index < -0.39 is 16.0 Å². The second-order valence-corrected chi connectivity index (χ2v) is 7.72. The van der Waals surface area contributed by atoms with Gasteiger partial charge in [0.15, 0.2) is 0 Å². The summed E-state index contributed by atoms with van der Waals surface area (Å²) >= 11 is 0. The van der Waals surface area contributed by atoms with Gasteiger partial charge in [-0.15, -0.1) is 0 Å². The molecule has 2 aromatic rings. The van der Waals surface area contributed by atoms with E-state index in [4.69, 9.17) is 0 Å². The Hall–Kier alpha value is -1.94. The quantitative estimate of drug-likeness (QED) is 0.864. The van der Waals surface area contributed by atoms with Crippen LogP contribution in [0.15, 0.2) is 48.5 Å². The molecule has 1 aliphatic rings. The zero-order valence-electron chi connectivity index (χ0n) is 13.5. The fourth-order valence-corrected chi connectivity index (χ4v) is 4.18. The van der Waals surface area contributed by atoms with Gasteiger partial charge in [-0.1, -0.05) is 42.5 Å². The van der Waals surface area contributed by atoms with Gasteiger partial charge in [-0.25, -0.2) is 0 Å². The lowest BCUT2D eigenvalue weighted by Crippen LogP contribution is -2.39. The first kappa shape index (κ1) is 15.9. The van der Waals surface area contributed by atoms with Crippen molar-refractivity contribution >= 4 is 22.4 Å². The highest BCUT2D eigenvalue weighted by Gasteiger charge is 2.30. The number of para-hydroxylation sites is 1. The van der Waals surface area contributed by atoms with Gasteiger partial charge in [-0.05, 0) is 43.0 Å². The lowest BCUT2D eigenvalue weighted by Gasteiger charge is -2.21. The average molecular weight is 327 g/mol. The van der Waals surface area contributed by atoms with Crippen LogP contribution in [0.25, 0.3) is 0 Å². The molecule has 4 heteroatoms. The van der Waals surface area contributed by atoms with Gasteiger partial charge in [0, 0.05) is 28.8 Å². The van der Waals surface area contributed by atoms with Crippen molar-refractivity contribution in [2.45, 2.75) is 31.3 Å². The van der Waals surface area contributed by atoms with Crippen molar-refractivity contribution in [2.75, 3.05) is 11.4 Å². The molecule has 0 fully saturated rings. The molecule has 0 saturated carbocycles. The third-order valence-corrected chi connectivity index (χ3v) is 6.04. The van der Waals surface area contributed by atoms with Gasteiger partial charge >= 0.3 is 0 Å². The number of amides is 1. The minimum atomic E-state index is -1.22. The van der Waals surface area contributed by atoms with Crippen LogP contribution in [0.1, 0.15) is 23.6 Å². The topological polar surface area (TPSA) is 37.4 Å². The standard InChI is InChI=1S/C19H21NO2S/c1-14-7-3-4-9-17(14)13-23(22)15(2)19(21)20-12-11-16-8-5-6-10-18(16)20/h3-10,15H,11-13H2,1-2H3/t15-,23-/m1/s1. The lowest BCUT2D eigenvalue weighted by atomic mass is 10.1. The van der Waals surface area contributed by atoms with E-state index in [1.54, 1.807) is 11.8 Å². The minimum absolute atomic E-state index is 0.0399. The number of benzene rings is 2. The number of anilines is 1. The molecule has 0 spiro atoms. The number of carbonyl (C=O) groups excluding carboxylic acids is 1. The predicted molar refractivity (Wildman–Crippen MR) is 95.0 cm³/mol. The number of fused-ring (bicyclic) bond motifs is 1. The highest BCUT2D eigenvalue weighted by molar-refractivity contribution is 7.85. The molecular formula is C19H21NO2S. The number of aryl methyl sites for hydroxylation is 1. The van der Waals surface area contributed by atoms with E-state index in [0.717, 1.165) is 23.2 Å². The van der Waals surface area contributed by atoms with Crippen LogP contribution in [0.5, 0.6) is 0 Å². The Morgan fingerprint density at radius 1 is 1.17 bits per heavy atom. The van der Waals surface area contributed by atoms with Crippen molar-refractivity contribution in [3.63, 3.8) is 0 Å². The Balaban J connectivity index is 1.73. The van der Waals surface area contributed by atoms with Gasteiger partial charge in [0.25, 0.3) is 0 Å². The van der Waals surface area contributed by atoms with Gasteiger partial charge in [-0.3, -0.25) is 9.00 Å². The maximum Gasteiger partial charge on any atom is 0.242 e. The zero-order valence-corrected chi connectivity index (χ0v) is 14.3. The average Bonchev–Trinajstić information content (AvgIpc) is 2.99. The second-order valence-electron chi connectivity index (χ2n) is 5.96. The van der Waals surface area contributed by atoms with Gasteiger partial charge in [0.2, 0.25) is 5.91 Å². The zero-order chi connectivity index (χ0) is 16.4. The van der Waals surface area contributed by atoms with Crippen LogP contribution < -0.4 is 4.90 Å². The third kappa shape index (κ3) is 3.22. The Morgan fingerprint density at radius 2 is 1.87 bits per heavy atom. The van der Waals surface area contributed by atoms with Crippen molar-refractivity contribution in [3.8, 4) is 0 Å².